The zero-order chi connectivity index (χ0) is 18.1. The molecule has 0 radical (unpaired) electrons. The highest BCUT2D eigenvalue weighted by molar-refractivity contribution is 5.83. The number of nitrogens with zero attached hydrogens (tertiary/aromatic N) is 4. The molecule has 0 atom stereocenters. The number of carbonyl (C=O) groups is 1. The first-order valence-electron chi connectivity index (χ1n) is 8.26. The van der Waals surface area contributed by atoms with Crippen LogP contribution in [0.5, 0.6) is 0 Å². The number of benzene rings is 1. The summed E-state index contributed by atoms with van der Waals surface area (Å²) >= 11 is 0. The van der Waals surface area contributed by atoms with Gasteiger partial charge >= 0.3 is 5.97 Å². The molecule has 0 saturated heterocycles. The quantitative estimate of drug-likeness (QED) is 0.529. The van der Waals surface area contributed by atoms with E-state index in [1.54, 1.807) is 30.0 Å². The van der Waals surface area contributed by atoms with Gasteiger partial charge in [0.25, 0.3) is 5.56 Å². The number of ether oxygens (including phenoxy) is 1. The summed E-state index contributed by atoms with van der Waals surface area (Å²) in [5.41, 5.74) is 2.47. The summed E-state index contributed by atoms with van der Waals surface area (Å²) in [5, 5.41) is 0. The van der Waals surface area contributed by atoms with E-state index in [0.717, 1.165) is 11.1 Å². The number of aromatic nitrogens is 4. The summed E-state index contributed by atoms with van der Waals surface area (Å²) in [6.45, 7) is 2.03. The lowest BCUT2D eigenvalue weighted by molar-refractivity contribution is -0.143. The molecule has 0 aliphatic carbocycles. The molecule has 7 heteroatoms. The van der Waals surface area contributed by atoms with Crippen LogP contribution in [0.3, 0.4) is 0 Å². The summed E-state index contributed by atoms with van der Waals surface area (Å²) in [4.78, 5) is 33.6. The van der Waals surface area contributed by atoms with Crippen molar-refractivity contribution >= 4 is 22.8 Å². The Morgan fingerprint density at radius 3 is 2.69 bits per heavy atom. The number of hydrogen-bond acceptors (Lipinski definition) is 5. The molecule has 0 spiro atoms. The smallest absolute Gasteiger partial charge is 0.326 e. The topological polar surface area (TPSA) is 78.5 Å². The molecule has 0 fully saturated rings. The minimum absolute atomic E-state index is 0.0201. The molecule has 4 aromatic rings. The molecular weight excluding hydrogens is 332 g/mol. The largest absolute Gasteiger partial charge is 0.465 e. The van der Waals surface area contributed by atoms with Gasteiger partial charge < -0.3 is 4.74 Å². The molecule has 0 N–H and O–H groups in total. The Bertz CT molecular complexity index is 1160. The van der Waals surface area contributed by atoms with Crippen LogP contribution in [0, 0.1) is 0 Å². The van der Waals surface area contributed by atoms with E-state index in [1.165, 1.54) is 10.5 Å². The van der Waals surface area contributed by atoms with Gasteiger partial charge in [-0.3, -0.25) is 19.1 Å². The van der Waals surface area contributed by atoms with Crippen molar-refractivity contribution in [2.24, 2.45) is 0 Å². The highest BCUT2D eigenvalue weighted by Gasteiger charge is 2.17. The second kappa shape index (κ2) is 6.44. The first-order chi connectivity index (χ1) is 12.7. The summed E-state index contributed by atoms with van der Waals surface area (Å²) in [6.07, 6.45) is 3.31. The van der Waals surface area contributed by atoms with Crippen molar-refractivity contribution in [1.29, 1.82) is 0 Å². The molecule has 7 nitrogen and oxygen atoms in total. The van der Waals surface area contributed by atoms with Crippen molar-refractivity contribution < 1.29 is 9.53 Å². The van der Waals surface area contributed by atoms with E-state index in [0.29, 0.717) is 23.6 Å². The van der Waals surface area contributed by atoms with Crippen molar-refractivity contribution in [3.05, 3.63) is 65.2 Å². The first-order valence-corrected chi connectivity index (χ1v) is 8.26. The summed E-state index contributed by atoms with van der Waals surface area (Å²) in [5.74, 6) is 0.0161. The molecule has 0 unspecified atom stereocenters. The summed E-state index contributed by atoms with van der Waals surface area (Å²) in [7, 11) is 0. The third kappa shape index (κ3) is 2.63. The van der Waals surface area contributed by atoms with Gasteiger partial charge in [0.2, 0.25) is 5.78 Å². The summed E-state index contributed by atoms with van der Waals surface area (Å²) in [6, 6.07) is 12.5. The Hall–Kier alpha value is -3.48. The second-order valence-corrected chi connectivity index (χ2v) is 5.74. The van der Waals surface area contributed by atoms with Gasteiger partial charge in [0.05, 0.1) is 23.3 Å². The van der Waals surface area contributed by atoms with Gasteiger partial charge in [-0.2, -0.15) is 0 Å². The van der Waals surface area contributed by atoms with Crippen LogP contribution in [0.25, 0.3) is 28.1 Å². The van der Waals surface area contributed by atoms with Crippen LogP contribution in [-0.4, -0.2) is 31.5 Å². The van der Waals surface area contributed by atoms with Gasteiger partial charge in [-0.25, -0.2) is 9.38 Å². The van der Waals surface area contributed by atoms with Crippen molar-refractivity contribution in [3.63, 3.8) is 0 Å². The lowest BCUT2D eigenvalue weighted by atomic mass is 10.2. The maximum atomic E-state index is 12.8. The maximum Gasteiger partial charge on any atom is 0.326 e. The van der Waals surface area contributed by atoms with Crippen molar-refractivity contribution in [2.75, 3.05) is 6.61 Å². The van der Waals surface area contributed by atoms with E-state index in [1.807, 2.05) is 30.3 Å². The monoisotopic (exact) mass is 348 g/mol. The SMILES string of the molecule is CCOC(=O)Cn1c2ccccc2n2c(=O)cc(-c3cccnc3)nc12. The third-order valence-electron chi connectivity index (χ3n) is 4.11. The molecule has 130 valence electrons. The number of imidazole rings is 1. The molecule has 0 aliphatic heterocycles. The fourth-order valence-electron chi connectivity index (χ4n) is 3.02. The Labute approximate surface area is 148 Å². The fraction of sp³-hybridized carbons (Fsp3) is 0.158. The number of rotatable bonds is 4. The van der Waals surface area contributed by atoms with E-state index in [-0.39, 0.29) is 18.1 Å². The molecular formula is C19H16N4O3. The Balaban J connectivity index is 2.01. The normalized spacial score (nSPS) is 11.1. The highest BCUT2D eigenvalue weighted by atomic mass is 16.5. The first kappa shape index (κ1) is 16.0. The van der Waals surface area contributed by atoms with Crippen LogP contribution in [0.1, 0.15) is 6.92 Å². The van der Waals surface area contributed by atoms with Crippen molar-refractivity contribution in [1.82, 2.24) is 18.9 Å². The predicted octanol–water partition coefficient (Wildman–Crippen LogP) is 2.27. The lowest BCUT2D eigenvalue weighted by Gasteiger charge is -2.06. The summed E-state index contributed by atoms with van der Waals surface area (Å²) < 4.78 is 8.28. The zero-order valence-electron chi connectivity index (χ0n) is 14.1. The number of hydrogen-bond donors (Lipinski definition) is 0. The van der Waals surface area contributed by atoms with Gasteiger partial charge in [-0.15, -0.1) is 0 Å². The highest BCUT2D eigenvalue weighted by Crippen LogP contribution is 2.21. The number of esters is 1. The van der Waals surface area contributed by atoms with Crippen molar-refractivity contribution in [2.45, 2.75) is 13.5 Å². The molecule has 3 aromatic heterocycles. The average Bonchev–Trinajstić information content (AvgIpc) is 2.97. The van der Waals surface area contributed by atoms with E-state index in [9.17, 15) is 9.59 Å². The number of carbonyl (C=O) groups excluding carboxylic acids is 1. The molecule has 1 aromatic carbocycles. The van der Waals surface area contributed by atoms with Gasteiger partial charge in [0, 0.05) is 24.0 Å². The minimum Gasteiger partial charge on any atom is -0.465 e. The predicted molar refractivity (Wildman–Crippen MR) is 96.8 cm³/mol. The molecule has 0 saturated carbocycles. The molecule has 26 heavy (non-hydrogen) atoms. The van der Waals surface area contributed by atoms with Crippen LogP contribution in [-0.2, 0) is 16.1 Å². The van der Waals surface area contributed by atoms with E-state index in [2.05, 4.69) is 9.97 Å². The van der Waals surface area contributed by atoms with Gasteiger partial charge in [-0.1, -0.05) is 12.1 Å². The lowest BCUT2D eigenvalue weighted by Crippen LogP contribution is -2.17. The Morgan fingerprint density at radius 1 is 1.15 bits per heavy atom. The average molecular weight is 348 g/mol. The van der Waals surface area contributed by atoms with Gasteiger partial charge in [0.15, 0.2) is 0 Å². The minimum atomic E-state index is -0.378. The van der Waals surface area contributed by atoms with Crippen LogP contribution >= 0.6 is 0 Å². The Kier molecular flexibility index (Phi) is 3.96. The van der Waals surface area contributed by atoms with E-state index in [4.69, 9.17) is 4.74 Å². The maximum absolute atomic E-state index is 12.8. The molecule has 0 amide bonds. The molecule has 0 aliphatic rings. The van der Waals surface area contributed by atoms with Crippen molar-refractivity contribution in [3.8, 4) is 11.3 Å². The van der Waals surface area contributed by atoms with Crippen LogP contribution < -0.4 is 5.56 Å². The van der Waals surface area contributed by atoms with Gasteiger partial charge in [-0.05, 0) is 31.2 Å². The number of para-hydroxylation sites is 2. The second-order valence-electron chi connectivity index (χ2n) is 5.74. The van der Waals surface area contributed by atoms with E-state index < -0.39 is 0 Å². The van der Waals surface area contributed by atoms with Crippen LogP contribution in [0.2, 0.25) is 0 Å². The van der Waals surface area contributed by atoms with E-state index >= 15 is 0 Å². The van der Waals surface area contributed by atoms with Crippen LogP contribution in [0.15, 0.2) is 59.7 Å². The fourth-order valence-corrected chi connectivity index (χ4v) is 3.02. The third-order valence-corrected chi connectivity index (χ3v) is 4.11. The molecule has 4 rings (SSSR count). The van der Waals surface area contributed by atoms with Gasteiger partial charge in [0.1, 0.15) is 6.54 Å². The number of fused-ring (bicyclic) bond motifs is 3. The zero-order valence-corrected chi connectivity index (χ0v) is 14.1. The molecule has 0 bridgehead atoms. The standard InChI is InChI=1S/C19H16N4O3/c1-2-26-18(25)12-22-15-7-3-4-8-16(15)23-17(24)10-14(21-19(22)23)13-6-5-9-20-11-13/h3-11H,2,12H2,1H3. The molecule has 3 heterocycles. The number of pyridine rings is 1. The Morgan fingerprint density at radius 2 is 1.96 bits per heavy atom. The van der Waals surface area contributed by atoms with Crippen LogP contribution in [0.4, 0.5) is 0 Å².